The number of likely N-dealkylation sites (N-methyl/N-ethyl adjacent to an activating group) is 2. The normalized spacial score (nSPS) is 11.8. The SMILES string of the molecule is CNCCN(C)C(=O)C(C)(C)c1cccc(C(F)(F)F)c1.Cl. The fourth-order valence-corrected chi connectivity index (χ4v) is 2.07. The first-order valence-electron chi connectivity index (χ1n) is 6.68. The van der Waals surface area contributed by atoms with Crippen molar-refractivity contribution in [2.75, 3.05) is 27.2 Å². The number of hydrogen-bond acceptors (Lipinski definition) is 2. The quantitative estimate of drug-likeness (QED) is 0.895. The summed E-state index contributed by atoms with van der Waals surface area (Å²) in [5, 5.41) is 2.93. The summed E-state index contributed by atoms with van der Waals surface area (Å²) in [6, 6.07) is 4.94. The van der Waals surface area contributed by atoms with Crippen LogP contribution in [-0.4, -0.2) is 38.0 Å². The van der Waals surface area contributed by atoms with E-state index in [1.807, 2.05) is 0 Å². The van der Waals surface area contributed by atoms with Crippen molar-refractivity contribution in [3.05, 3.63) is 35.4 Å². The van der Waals surface area contributed by atoms with E-state index in [0.29, 0.717) is 18.7 Å². The Morgan fingerprint density at radius 3 is 2.27 bits per heavy atom. The molecule has 0 saturated carbocycles. The van der Waals surface area contributed by atoms with Crippen molar-refractivity contribution in [3.63, 3.8) is 0 Å². The van der Waals surface area contributed by atoms with Gasteiger partial charge in [-0.2, -0.15) is 13.2 Å². The van der Waals surface area contributed by atoms with Crippen LogP contribution < -0.4 is 5.32 Å². The number of rotatable bonds is 5. The Bertz CT molecular complexity index is 504. The minimum Gasteiger partial charge on any atom is -0.344 e. The molecule has 0 spiro atoms. The lowest BCUT2D eigenvalue weighted by Gasteiger charge is -2.30. The van der Waals surface area contributed by atoms with Crippen LogP contribution in [0.2, 0.25) is 0 Å². The van der Waals surface area contributed by atoms with Crippen LogP contribution in [0.1, 0.15) is 25.0 Å². The highest BCUT2D eigenvalue weighted by Gasteiger charge is 2.35. The first-order valence-corrected chi connectivity index (χ1v) is 6.68. The first kappa shape index (κ1) is 20.7. The van der Waals surface area contributed by atoms with Gasteiger partial charge in [0.2, 0.25) is 5.91 Å². The van der Waals surface area contributed by atoms with E-state index >= 15 is 0 Å². The maximum absolute atomic E-state index is 12.8. The molecule has 1 aromatic rings. The fraction of sp³-hybridized carbons (Fsp3) is 0.533. The van der Waals surface area contributed by atoms with E-state index in [1.165, 1.54) is 11.0 Å². The van der Waals surface area contributed by atoms with Gasteiger partial charge in [-0.3, -0.25) is 4.79 Å². The summed E-state index contributed by atoms with van der Waals surface area (Å²) >= 11 is 0. The summed E-state index contributed by atoms with van der Waals surface area (Å²) in [4.78, 5) is 14.0. The molecule has 0 fully saturated rings. The smallest absolute Gasteiger partial charge is 0.344 e. The molecular weight excluding hydrogens is 317 g/mol. The molecule has 22 heavy (non-hydrogen) atoms. The third-order valence-electron chi connectivity index (χ3n) is 3.49. The molecule has 0 atom stereocenters. The highest BCUT2D eigenvalue weighted by molar-refractivity contribution is 5.87. The van der Waals surface area contributed by atoms with Gasteiger partial charge in [0, 0.05) is 20.1 Å². The summed E-state index contributed by atoms with van der Waals surface area (Å²) in [6.45, 7) is 4.40. The lowest BCUT2D eigenvalue weighted by atomic mass is 9.82. The molecule has 0 radical (unpaired) electrons. The average Bonchev–Trinajstić information content (AvgIpc) is 2.43. The zero-order valence-corrected chi connectivity index (χ0v) is 13.9. The molecule has 0 aromatic heterocycles. The second kappa shape index (κ2) is 7.83. The van der Waals surface area contributed by atoms with Crippen molar-refractivity contribution in [1.29, 1.82) is 0 Å². The Balaban J connectivity index is 0.00000441. The lowest BCUT2D eigenvalue weighted by Crippen LogP contribution is -2.43. The standard InChI is InChI=1S/C15H21F3N2O.ClH/c1-14(2,13(21)20(4)9-8-19-3)11-6-5-7-12(10-11)15(16,17)18;/h5-7,10,19H,8-9H2,1-4H3;1H. The van der Waals surface area contributed by atoms with Gasteiger partial charge in [-0.05, 0) is 32.5 Å². The van der Waals surface area contributed by atoms with Gasteiger partial charge in [0.15, 0.2) is 0 Å². The van der Waals surface area contributed by atoms with E-state index in [0.717, 1.165) is 12.1 Å². The molecule has 3 nitrogen and oxygen atoms in total. The van der Waals surface area contributed by atoms with E-state index in [9.17, 15) is 18.0 Å². The molecule has 0 heterocycles. The van der Waals surface area contributed by atoms with Crippen LogP contribution in [0, 0.1) is 0 Å². The molecule has 0 aliphatic rings. The van der Waals surface area contributed by atoms with Crippen LogP contribution >= 0.6 is 12.4 Å². The van der Waals surface area contributed by atoms with Crippen molar-refractivity contribution in [2.45, 2.75) is 25.4 Å². The van der Waals surface area contributed by atoms with E-state index in [-0.39, 0.29) is 18.3 Å². The zero-order chi connectivity index (χ0) is 16.3. The van der Waals surface area contributed by atoms with Gasteiger partial charge in [-0.15, -0.1) is 12.4 Å². The summed E-state index contributed by atoms with van der Waals surface area (Å²) in [7, 11) is 3.42. The van der Waals surface area contributed by atoms with Gasteiger partial charge < -0.3 is 10.2 Å². The third kappa shape index (κ3) is 4.88. The minimum atomic E-state index is -4.41. The maximum Gasteiger partial charge on any atom is 0.416 e. The number of nitrogens with one attached hydrogen (secondary N) is 1. The van der Waals surface area contributed by atoms with Crippen LogP contribution in [0.5, 0.6) is 0 Å². The van der Waals surface area contributed by atoms with Crippen LogP contribution in [0.4, 0.5) is 13.2 Å². The van der Waals surface area contributed by atoms with Crippen molar-refractivity contribution >= 4 is 18.3 Å². The Labute approximate surface area is 135 Å². The summed E-state index contributed by atoms with van der Waals surface area (Å²) in [5.41, 5.74) is -1.39. The minimum absolute atomic E-state index is 0. The first-order chi connectivity index (χ1) is 9.60. The molecule has 0 aliphatic carbocycles. The number of amides is 1. The zero-order valence-electron chi connectivity index (χ0n) is 13.1. The van der Waals surface area contributed by atoms with Crippen molar-refractivity contribution in [2.24, 2.45) is 0 Å². The predicted molar refractivity (Wildman–Crippen MR) is 83.3 cm³/mol. The number of benzene rings is 1. The predicted octanol–water partition coefficient (Wildman–Crippen LogP) is 3.08. The lowest BCUT2D eigenvalue weighted by molar-refractivity contribution is -0.138. The maximum atomic E-state index is 12.8. The van der Waals surface area contributed by atoms with Crippen molar-refractivity contribution < 1.29 is 18.0 Å². The Morgan fingerprint density at radius 1 is 1.23 bits per heavy atom. The number of carbonyl (C=O) groups is 1. The Hall–Kier alpha value is -1.27. The summed E-state index contributed by atoms with van der Waals surface area (Å²) in [6.07, 6.45) is -4.41. The van der Waals surface area contributed by atoms with Gasteiger partial charge in [0.25, 0.3) is 0 Å². The molecule has 0 bridgehead atoms. The topological polar surface area (TPSA) is 32.3 Å². The molecule has 7 heteroatoms. The number of hydrogen-bond donors (Lipinski definition) is 1. The molecule has 0 saturated heterocycles. The van der Waals surface area contributed by atoms with Gasteiger partial charge in [-0.25, -0.2) is 0 Å². The van der Waals surface area contributed by atoms with Crippen molar-refractivity contribution in [1.82, 2.24) is 10.2 Å². The number of halogens is 4. The fourth-order valence-electron chi connectivity index (χ4n) is 2.07. The molecule has 1 rings (SSSR count). The van der Waals surface area contributed by atoms with E-state index in [1.54, 1.807) is 34.0 Å². The molecule has 1 aromatic carbocycles. The number of alkyl halides is 3. The second-order valence-electron chi connectivity index (χ2n) is 5.53. The molecule has 1 N–H and O–H groups in total. The van der Waals surface area contributed by atoms with Gasteiger partial charge >= 0.3 is 6.18 Å². The highest BCUT2D eigenvalue weighted by atomic mass is 35.5. The second-order valence-corrected chi connectivity index (χ2v) is 5.53. The molecule has 0 unspecified atom stereocenters. The van der Waals surface area contributed by atoms with E-state index in [2.05, 4.69) is 5.32 Å². The molecule has 1 amide bonds. The number of carbonyl (C=O) groups excluding carboxylic acids is 1. The summed E-state index contributed by atoms with van der Waals surface area (Å²) < 4.78 is 38.3. The average molecular weight is 339 g/mol. The molecule has 0 aliphatic heterocycles. The Kier molecular flexibility index (Phi) is 7.38. The van der Waals surface area contributed by atoms with Crippen LogP contribution in [0.3, 0.4) is 0 Å². The third-order valence-corrected chi connectivity index (χ3v) is 3.49. The van der Waals surface area contributed by atoms with Gasteiger partial charge in [-0.1, -0.05) is 18.2 Å². The van der Waals surface area contributed by atoms with Gasteiger partial charge in [0.1, 0.15) is 0 Å². The molecule has 126 valence electrons. The van der Waals surface area contributed by atoms with E-state index < -0.39 is 17.2 Å². The van der Waals surface area contributed by atoms with Crippen LogP contribution in [0.15, 0.2) is 24.3 Å². The van der Waals surface area contributed by atoms with Crippen molar-refractivity contribution in [3.8, 4) is 0 Å². The molecular formula is C15H22ClF3N2O. The highest BCUT2D eigenvalue weighted by Crippen LogP contribution is 2.33. The van der Waals surface area contributed by atoms with Gasteiger partial charge in [0.05, 0.1) is 11.0 Å². The Morgan fingerprint density at radius 2 is 1.77 bits per heavy atom. The monoisotopic (exact) mass is 338 g/mol. The largest absolute Gasteiger partial charge is 0.416 e. The van der Waals surface area contributed by atoms with E-state index in [4.69, 9.17) is 0 Å². The van der Waals surface area contributed by atoms with Crippen LogP contribution in [-0.2, 0) is 16.4 Å². The number of nitrogens with zero attached hydrogens (tertiary/aromatic N) is 1. The van der Waals surface area contributed by atoms with Crippen LogP contribution in [0.25, 0.3) is 0 Å². The summed E-state index contributed by atoms with van der Waals surface area (Å²) in [5.74, 6) is -0.211.